The monoisotopic (exact) mass is 320 g/mol. The van der Waals surface area contributed by atoms with Crippen LogP contribution in [0.3, 0.4) is 0 Å². The Kier molecular flexibility index (Phi) is 4.71. The second-order valence-electron chi connectivity index (χ2n) is 5.48. The maximum Gasteiger partial charge on any atom is 0.166 e. The predicted molar refractivity (Wildman–Crippen MR) is 92.6 cm³/mol. The van der Waals surface area contributed by atoms with Crippen molar-refractivity contribution in [1.82, 2.24) is 0 Å². The summed E-state index contributed by atoms with van der Waals surface area (Å²) in [4.78, 5) is 11.7. The first kappa shape index (κ1) is 15.9. The number of hydrogen-bond acceptors (Lipinski definition) is 2. The van der Waals surface area contributed by atoms with Crippen molar-refractivity contribution in [3.05, 3.63) is 89.7 Å². The molecule has 120 valence electrons. The van der Waals surface area contributed by atoms with Crippen LogP contribution in [0.4, 0.5) is 4.39 Å². The van der Waals surface area contributed by atoms with Gasteiger partial charge in [0.25, 0.3) is 0 Å². The van der Waals surface area contributed by atoms with Gasteiger partial charge >= 0.3 is 0 Å². The second-order valence-corrected chi connectivity index (χ2v) is 5.48. The molecular weight excluding hydrogens is 303 g/mol. The smallest absolute Gasteiger partial charge is 0.166 e. The molecule has 0 atom stereocenters. The molecule has 0 saturated heterocycles. The van der Waals surface area contributed by atoms with E-state index in [9.17, 15) is 9.18 Å². The van der Waals surface area contributed by atoms with E-state index in [-0.39, 0.29) is 23.7 Å². The molecule has 0 bridgehead atoms. The van der Waals surface area contributed by atoms with Gasteiger partial charge in [0.2, 0.25) is 0 Å². The van der Waals surface area contributed by atoms with Gasteiger partial charge < -0.3 is 4.74 Å². The molecule has 0 heterocycles. The Labute approximate surface area is 140 Å². The third kappa shape index (κ3) is 3.35. The molecule has 3 rings (SSSR count). The fourth-order valence-corrected chi connectivity index (χ4v) is 2.67. The summed E-state index contributed by atoms with van der Waals surface area (Å²) >= 11 is 0. The zero-order valence-electron chi connectivity index (χ0n) is 13.3. The molecule has 3 aromatic carbocycles. The number of hydrogen-bond donors (Lipinski definition) is 0. The first-order valence-electron chi connectivity index (χ1n) is 7.72. The minimum absolute atomic E-state index is 0.00491. The average molecular weight is 320 g/mol. The lowest BCUT2D eigenvalue weighted by Crippen LogP contribution is -2.05. The van der Waals surface area contributed by atoms with Crippen molar-refractivity contribution < 1.29 is 13.9 Å². The summed E-state index contributed by atoms with van der Waals surface area (Å²) in [6.07, 6.45) is 0. The lowest BCUT2D eigenvalue weighted by Gasteiger charge is -2.13. The van der Waals surface area contributed by atoms with Crippen molar-refractivity contribution in [1.29, 1.82) is 0 Å². The molecule has 0 aliphatic heterocycles. The molecule has 0 amide bonds. The lowest BCUT2D eigenvalue weighted by atomic mass is 10.0. The lowest BCUT2D eigenvalue weighted by molar-refractivity contribution is 0.100. The van der Waals surface area contributed by atoms with Crippen LogP contribution in [0.2, 0.25) is 0 Å². The Hall–Kier alpha value is -2.94. The summed E-state index contributed by atoms with van der Waals surface area (Å²) in [5, 5.41) is 0. The first-order chi connectivity index (χ1) is 11.7. The van der Waals surface area contributed by atoms with Crippen molar-refractivity contribution in [2.45, 2.75) is 13.5 Å². The van der Waals surface area contributed by atoms with Crippen molar-refractivity contribution in [2.24, 2.45) is 0 Å². The van der Waals surface area contributed by atoms with E-state index in [0.717, 1.165) is 16.7 Å². The van der Waals surface area contributed by atoms with Gasteiger partial charge in [-0.1, -0.05) is 60.7 Å². The Morgan fingerprint density at radius 3 is 2.38 bits per heavy atom. The minimum atomic E-state index is -0.559. The Morgan fingerprint density at radius 2 is 1.62 bits per heavy atom. The third-order valence-corrected chi connectivity index (χ3v) is 3.81. The van der Waals surface area contributed by atoms with Crippen LogP contribution < -0.4 is 4.74 Å². The summed E-state index contributed by atoms with van der Waals surface area (Å²) in [6, 6.07) is 22.3. The zero-order valence-corrected chi connectivity index (χ0v) is 13.3. The highest BCUT2D eigenvalue weighted by atomic mass is 19.1. The van der Waals surface area contributed by atoms with Gasteiger partial charge in [-0.25, -0.2) is 4.39 Å². The molecule has 0 spiro atoms. The minimum Gasteiger partial charge on any atom is -0.488 e. The van der Waals surface area contributed by atoms with Gasteiger partial charge in [0.15, 0.2) is 5.78 Å². The van der Waals surface area contributed by atoms with Crippen molar-refractivity contribution in [3.63, 3.8) is 0 Å². The van der Waals surface area contributed by atoms with Crippen LogP contribution in [0.15, 0.2) is 72.8 Å². The highest BCUT2D eigenvalue weighted by Gasteiger charge is 2.14. The molecule has 0 aromatic heterocycles. The van der Waals surface area contributed by atoms with Gasteiger partial charge in [0, 0.05) is 0 Å². The number of carbonyl (C=O) groups is 1. The number of Topliss-reactive ketones (excluding diaryl/α,β-unsaturated/α-hetero) is 1. The van der Waals surface area contributed by atoms with E-state index in [4.69, 9.17) is 4.74 Å². The number of ether oxygens (including phenoxy) is 1. The van der Waals surface area contributed by atoms with E-state index >= 15 is 0 Å². The standard InChI is InChI=1S/C21H17FO2/c1-15(23)21-19(22)12-7-13-20(21)24-14-17-10-5-6-11-18(17)16-8-3-2-4-9-16/h2-13H,14H2,1H3. The number of rotatable bonds is 5. The molecule has 24 heavy (non-hydrogen) atoms. The molecular formula is C21H17FO2. The Morgan fingerprint density at radius 1 is 0.917 bits per heavy atom. The van der Waals surface area contributed by atoms with Gasteiger partial charge in [-0.05, 0) is 35.7 Å². The summed E-state index contributed by atoms with van der Waals surface area (Å²) in [6.45, 7) is 1.60. The number of halogens is 1. The van der Waals surface area contributed by atoms with Crippen molar-refractivity contribution in [2.75, 3.05) is 0 Å². The molecule has 0 N–H and O–H groups in total. The van der Waals surface area contributed by atoms with Crippen LogP contribution in [0.1, 0.15) is 22.8 Å². The van der Waals surface area contributed by atoms with Crippen molar-refractivity contribution >= 4 is 5.78 Å². The molecule has 0 aliphatic carbocycles. The molecule has 0 aliphatic rings. The maximum absolute atomic E-state index is 13.9. The largest absolute Gasteiger partial charge is 0.488 e. The molecule has 2 nitrogen and oxygen atoms in total. The fraction of sp³-hybridized carbons (Fsp3) is 0.0952. The van der Waals surface area contributed by atoms with E-state index in [2.05, 4.69) is 0 Å². The second kappa shape index (κ2) is 7.09. The Bertz CT molecular complexity index is 857. The number of benzene rings is 3. The van der Waals surface area contributed by atoms with Crippen LogP contribution in [0, 0.1) is 5.82 Å². The van der Waals surface area contributed by atoms with E-state index in [1.54, 1.807) is 12.1 Å². The highest BCUT2D eigenvalue weighted by Crippen LogP contribution is 2.27. The van der Waals surface area contributed by atoms with Gasteiger partial charge in [-0.15, -0.1) is 0 Å². The maximum atomic E-state index is 13.9. The van der Waals surface area contributed by atoms with Crippen LogP contribution in [0.25, 0.3) is 11.1 Å². The molecule has 3 heteroatoms. The van der Waals surface area contributed by atoms with Gasteiger partial charge in [0.1, 0.15) is 18.2 Å². The molecule has 0 saturated carbocycles. The molecule has 0 radical (unpaired) electrons. The fourth-order valence-electron chi connectivity index (χ4n) is 2.67. The summed E-state index contributed by atoms with van der Waals surface area (Å²) in [5.41, 5.74) is 3.11. The highest BCUT2D eigenvalue weighted by molar-refractivity contribution is 5.97. The third-order valence-electron chi connectivity index (χ3n) is 3.81. The molecule has 0 fully saturated rings. The zero-order chi connectivity index (χ0) is 16.9. The SMILES string of the molecule is CC(=O)c1c(F)cccc1OCc1ccccc1-c1ccccc1. The first-order valence-corrected chi connectivity index (χ1v) is 7.72. The molecule has 0 unspecified atom stereocenters. The number of carbonyl (C=O) groups excluding carboxylic acids is 1. The topological polar surface area (TPSA) is 26.3 Å². The van der Waals surface area contributed by atoms with E-state index in [1.807, 2.05) is 54.6 Å². The van der Waals surface area contributed by atoms with Gasteiger partial charge in [-0.3, -0.25) is 4.79 Å². The van der Waals surface area contributed by atoms with Gasteiger partial charge in [0.05, 0.1) is 5.56 Å². The van der Waals surface area contributed by atoms with Gasteiger partial charge in [-0.2, -0.15) is 0 Å². The molecule has 3 aromatic rings. The quantitative estimate of drug-likeness (QED) is 0.598. The van der Waals surface area contributed by atoms with Crippen LogP contribution in [0.5, 0.6) is 5.75 Å². The van der Waals surface area contributed by atoms with E-state index in [1.165, 1.54) is 13.0 Å². The summed E-state index contributed by atoms with van der Waals surface area (Å²) in [5.74, 6) is -0.638. The van der Waals surface area contributed by atoms with Crippen LogP contribution in [-0.4, -0.2) is 5.78 Å². The summed E-state index contributed by atoms with van der Waals surface area (Å²) < 4.78 is 19.6. The van der Waals surface area contributed by atoms with E-state index in [0.29, 0.717) is 0 Å². The normalized spacial score (nSPS) is 10.4. The van der Waals surface area contributed by atoms with Crippen LogP contribution in [-0.2, 0) is 6.61 Å². The van der Waals surface area contributed by atoms with Crippen LogP contribution >= 0.6 is 0 Å². The van der Waals surface area contributed by atoms with E-state index < -0.39 is 5.82 Å². The Balaban J connectivity index is 1.89. The summed E-state index contributed by atoms with van der Waals surface area (Å²) in [7, 11) is 0. The van der Waals surface area contributed by atoms with Crippen molar-refractivity contribution in [3.8, 4) is 16.9 Å². The number of ketones is 1. The predicted octanol–water partition coefficient (Wildman–Crippen LogP) is 5.27. The average Bonchev–Trinajstić information content (AvgIpc) is 2.60.